The maximum absolute atomic E-state index is 11.8. The van der Waals surface area contributed by atoms with Crippen LogP contribution in [0.1, 0.15) is 57.8 Å². The van der Waals surface area contributed by atoms with E-state index in [2.05, 4.69) is 15.9 Å². The second kappa shape index (κ2) is 9.49. The Morgan fingerprint density at radius 3 is 1.47 bits per heavy atom. The van der Waals surface area contributed by atoms with Crippen LogP contribution in [-0.2, 0) is 0 Å². The summed E-state index contributed by atoms with van der Waals surface area (Å²) < 4.78 is 35.3. The Bertz CT molecular complexity index is 134. The Morgan fingerprint density at radius 2 is 1.07 bits per heavy atom. The topological polar surface area (TPSA) is 0 Å². The standard InChI is InChI=1S/C11H20BrF3/c12-10-8-6-4-2-1-3-5-7-9-11(13,14)15/h1-10H2. The predicted octanol–water partition coefficient (Wildman–Crippen LogP) is 5.45. The van der Waals surface area contributed by atoms with Crippen LogP contribution in [-0.4, -0.2) is 11.5 Å². The first-order valence-corrected chi connectivity index (χ1v) is 6.81. The second-order valence-electron chi connectivity index (χ2n) is 3.88. The van der Waals surface area contributed by atoms with Gasteiger partial charge in [-0.25, -0.2) is 0 Å². The summed E-state index contributed by atoms with van der Waals surface area (Å²) in [4.78, 5) is 0. The molecule has 0 radical (unpaired) electrons. The highest BCUT2D eigenvalue weighted by Gasteiger charge is 2.25. The molecule has 4 heteroatoms. The molecule has 0 amide bonds. The van der Waals surface area contributed by atoms with Crippen molar-refractivity contribution in [3.05, 3.63) is 0 Å². The molecule has 0 nitrogen and oxygen atoms in total. The van der Waals surface area contributed by atoms with Gasteiger partial charge in [0.1, 0.15) is 0 Å². The minimum Gasteiger partial charge on any atom is -0.171 e. The lowest BCUT2D eigenvalue weighted by atomic mass is 10.1. The molecule has 0 rings (SSSR count). The van der Waals surface area contributed by atoms with Crippen LogP contribution in [0.15, 0.2) is 0 Å². The largest absolute Gasteiger partial charge is 0.389 e. The zero-order chi connectivity index (χ0) is 11.6. The molecule has 0 fully saturated rings. The van der Waals surface area contributed by atoms with Crippen LogP contribution in [0.3, 0.4) is 0 Å². The maximum Gasteiger partial charge on any atom is 0.389 e. The lowest BCUT2D eigenvalue weighted by Gasteiger charge is -2.05. The lowest BCUT2D eigenvalue weighted by molar-refractivity contribution is -0.135. The smallest absolute Gasteiger partial charge is 0.171 e. The van der Waals surface area contributed by atoms with Gasteiger partial charge in [0, 0.05) is 11.8 Å². The SMILES string of the molecule is FC(F)(F)CCCCCCCCCCBr. The summed E-state index contributed by atoms with van der Waals surface area (Å²) in [5.74, 6) is 0. The van der Waals surface area contributed by atoms with Crippen LogP contribution in [0.4, 0.5) is 13.2 Å². The van der Waals surface area contributed by atoms with Crippen molar-refractivity contribution in [2.24, 2.45) is 0 Å². The zero-order valence-electron chi connectivity index (χ0n) is 9.08. The van der Waals surface area contributed by atoms with Crippen LogP contribution < -0.4 is 0 Å². The van der Waals surface area contributed by atoms with Crippen LogP contribution >= 0.6 is 15.9 Å². The maximum atomic E-state index is 11.8. The molecule has 0 aromatic heterocycles. The van der Waals surface area contributed by atoms with Crippen LogP contribution in [0.5, 0.6) is 0 Å². The van der Waals surface area contributed by atoms with Crippen molar-refractivity contribution in [2.45, 2.75) is 64.0 Å². The van der Waals surface area contributed by atoms with Crippen molar-refractivity contribution in [1.29, 1.82) is 0 Å². The van der Waals surface area contributed by atoms with Crippen molar-refractivity contribution in [3.8, 4) is 0 Å². The molecule has 0 aromatic carbocycles. The molecule has 0 aliphatic heterocycles. The van der Waals surface area contributed by atoms with Gasteiger partial charge in [-0.3, -0.25) is 0 Å². The second-order valence-corrected chi connectivity index (χ2v) is 4.68. The first kappa shape index (κ1) is 15.3. The fourth-order valence-corrected chi connectivity index (χ4v) is 1.88. The fourth-order valence-electron chi connectivity index (χ4n) is 1.48. The van der Waals surface area contributed by atoms with Gasteiger partial charge in [0.2, 0.25) is 0 Å². The summed E-state index contributed by atoms with van der Waals surface area (Å²) in [6.07, 6.45) is 3.28. The van der Waals surface area contributed by atoms with Gasteiger partial charge in [-0.1, -0.05) is 54.5 Å². The summed E-state index contributed by atoms with van der Waals surface area (Å²) in [5, 5.41) is 1.05. The highest BCUT2D eigenvalue weighted by atomic mass is 79.9. The number of hydrogen-bond acceptors (Lipinski definition) is 0. The summed E-state index contributed by atoms with van der Waals surface area (Å²) in [6, 6.07) is 0. The van der Waals surface area contributed by atoms with Gasteiger partial charge in [-0.15, -0.1) is 0 Å². The van der Waals surface area contributed by atoms with E-state index in [1.807, 2.05) is 0 Å². The van der Waals surface area contributed by atoms with Crippen molar-refractivity contribution >= 4 is 15.9 Å². The third-order valence-electron chi connectivity index (χ3n) is 2.34. The minimum atomic E-state index is -3.96. The normalized spacial score (nSPS) is 12.0. The van der Waals surface area contributed by atoms with Gasteiger partial charge in [0.25, 0.3) is 0 Å². The van der Waals surface area contributed by atoms with Crippen molar-refractivity contribution in [2.75, 3.05) is 5.33 Å². The van der Waals surface area contributed by atoms with E-state index in [-0.39, 0.29) is 0 Å². The molecule has 0 N–H and O–H groups in total. The Balaban J connectivity index is 2.99. The van der Waals surface area contributed by atoms with Crippen LogP contribution in [0, 0.1) is 0 Å². The molecule has 0 unspecified atom stereocenters. The van der Waals surface area contributed by atoms with E-state index in [9.17, 15) is 13.2 Å². The highest BCUT2D eigenvalue weighted by Crippen LogP contribution is 2.23. The van der Waals surface area contributed by atoms with E-state index >= 15 is 0 Å². The first-order chi connectivity index (χ1) is 7.06. The van der Waals surface area contributed by atoms with Crippen LogP contribution in [0.25, 0.3) is 0 Å². The molecule has 0 atom stereocenters. The molecule has 0 aliphatic rings. The molecule has 0 aliphatic carbocycles. The highest BCUT2D eigenvalue weighted by molar-refractivity contribution is 9.09. The van der Waals surface area contributed by atoms with Gasteiger partial charge in [0.15, 0.2) is 0 Å². The Kier molecular flexibility index (Phi) is 9.66. The number of alkyl halides is 4. The van der Waals surface area contributed by atoms with E-state index in [0.29, 0.717) is 6.42 Å². The monoisotopic (exact) mass is 288 g/mol. The average molecular weight is 289 g/mol. The lowest BCUT2D eigenvalue weighted by Crippen LogP contribution is -2.06. The Labute approximate surface area is 98.8 Å². The summed E-state index contributed by atoms with van der Waals surface area (Å²) in [6.45, 7) is 0. The Hall–Kier alpha value is 0.270. The van der Waals surface area contributed by atoms with Crippen LogP contribution in [0.2, 0.25) is 0 Å². The molecule has 15 heavy (non-hydrogen) atoms. The molecule has 0 bridgehead atoms. The Morgan fingerprint density at radius 1 is 0.667 bits per heavy atom. The molecule has 92 valence electrons. The number of unbranched alkanes of at least 4 members (excludes halogenated alkanes) is 7. The van der Waals surface area contributed by atoms with E-state index < -0.39 is 12.6 Å². The van der Waals surface area contributed by atoms with E-state index in [1.165, 1.54) is 25.7 Å². The predicted molar refractivity (Wildman–Crippen MR) is 61.4 cm³/mol. The van der Waals surface area contributed by atoms with E-state index in [1.54, 1.807) is 0 Å². The third kappa shape index (κ3) is 14.3. The fraction of sp³-hybridized carbons (Fsp3) is 1.00. The van der Waals surface area contributed by atoms with Crippen molar-refractivity contribution < 1.29 is 13.2 Å². The quantitative estimate of drug-likeness (QED) is 0.391. The van der Waals surface area contributed by atoms with Gasteiger partial charge >= 0.3 is 6.18 Å². The molecule has 0 saturated heterocycles. The molecular weight excluding hydrogens is 269 g/mol. The summed E-state index contributed by atoms with van der Waals surface area (Å²) in [7, 11) is 0. The minimum absolute atomic E-state index is 0.297. The molecule has 0 aromatic rings. The van der Waals surface area contributed by atoms with E-state index in [0.717, 1.165) is 24.6 Å². The van der Waals surface area contributed by atoms with Crippen molar-refractivity contribution in [1.82, 2.24) is 0 Å². The average Bonchev–Trinajstić information content (AvgIpc) is 2.14. The third-order valence-corrected chi connectivity index (χ3v) is 2.90. The van der Waals surface area contributed by atoms with Gasteiger partial charge in [-0.2, -0.15) is 13.2 Å². The van der Waals surface area contributed by atoms with E-state index in [4.69, 9.17) is 0 Å². The zero-order valence-corrected chi connectivity index (χ0v) is 10.7. The van der Waals surface area contributed by atoms with Gasteiger partial charge < -0.3 is 0 Å². The summed E-state index contributed by atoms with van der Waals surface area (Å²) >= 11 is 3.36. The van der Waals surface area contributed by atoms with Gasteiger partial charge in [0.05, 0.1) is 0 Å². The molecule has 0 heterocycles. The summed E-state index contributed by atoms with van der Waals surface area (Å²) in [5.41, 5.74) is 0. The van der Waals surface area contributed by atoms with Gasteiger partial charge in [-0.05, 0) is 12.8 Å². The number of hydrogen-bond donors (Lipinski definition) is 0. The molecule has 0 saturated carbocycles. The number of halogens is 4. The first-order valence-electron chi connectivity index (χ1n) is 5.69. The molecular formula is C11H20BrF3. The van der Waals surface area contributed by atoms with Crippen molar-refractivity contribution in [3.63, 3.8) is 0 Å². The number of rotatable bonds is 9. The molecule has 0 spiro atoms.